The summed E-state index contributed by atoms with van der Waals surface area (Å²) in [6.07, 6.45) is 2.94. The van der Waals surface area contributed by atoms with Crippen molar-refractivity contribution in [3.8, 4) is 0 Å². The predicted molar refractivity (Wildman–Crippen MR) is 75.7 cm³/mol. The van der Waals surface area contributed by atoms with Gasteiger partial charge in [-0.15, -0.1) is 0 Å². The largest absolute Gasteiger partial charge is 0.369 e. The van der Waals surface area contributed by atoms with Gasteiger partial charge < -0.3 is 10.2 Å². The first-order valence-electron chi connectivity index (χ1n) is 5.96. The van der Waals surface area contributed by atoms with Crippen LogP contribution in [0.1, 0.15) is 13.3 Å². The molecule has 1 saturated heterocycles. The molecule has 2 heterocycles. The summed E-state index contributed by atoms with van der Waals surface area (Å²) in [5.41, 5.74) is 0. The van der Waals surface area contributed by atoms with Crippen LogP contribution in [0.15, 0.2) is 16.7 Å². The van der Waals surface area contributed by atoms with Gasteiger partial charge in [-0.2, -0.15) is 0 Å². The highest BCUT2D eigenvalue weighted by Gasteiger charge is 2.20. The van der Waals surface area contributed by atoms with E-state index in [1.807, 2.05) is 6.07 Å². The monoisotopic (exact) mass is 317 g/mol. The Kier molecular flexibility index (Phi) is 4.65. The van der Waals surface area contributed by atoms with E-state index in [9.17, 15) is 0 Å². The van der Waals surface area contributed by atoms with Crippen molar-refractivity contribution in [2.45, 2.75) is 13.3 Å². The molecule has 2 rings (SSSR count). The summed E-state index contributed by atoms with van der Waals surface area (Å²) in [5, 5.41) is 4.04. The molecule has 0 aliphatic carbocycles. The third kappa shape index (κ3) is 3.57. The third-order valence-corrected chi connectivity index (χ3v) is 3.99. The smallest absolute Gasteiger partial charge is 0.140 e. The summed E-state index contributed by atoms with van der Waals surface area (Å²) >= 11 is 9.32. The molecule has 17 heavy (non-hydrogen) atoms. The first kappa shape index (κ1) is 13.1. The number of nitrogens with one attached hydrogen (secondary N) is 1. The van der Waals surface area contributed by atoms with E-state index >= 15 is 0 Å². The Balaban J connectivity index is 1.86. The predicted octanol–water partition coefficient (Wildman–Crippen LogP) is 3.25. The van der Waals surface area contributed by atoms with Gasteiger partial charge in [0.1, 0.15) is 5.82 Å². The Labute approximate surface area is 116 Å². The number of likely N-dealkylation sites (tertiary alicyclic amines) is 1. The summed E-state index contributed by atoms with van der Waals surface area (Å²) in [6.45, 7) is 6.75. The van der Waals surface area contributed by atoms with E-state index in [1.54, 1.807) is 6.20 Å². The van der Waals surface area contributed by atoms with Crippen molar-refractivity contribution in [2.75, 3.05) is 31.5 Å². The van der Waals surface area contributed by atoms with Crippen LogP contribution in [-0.4, -0.2) is 36.1 Å². The minimum absolute atomic E-state index is 0.653. The first-order valence-corrected chi connectivity index (χ1v) is 7.13. The lowest BCUT2D eigenvalue weighted by Gasteiger charge is -2.14. The summed E-state index contributed by atoms with van der Waals surface area (Å²) in [5.74, 6) is 1.60. The molecular formula is C12H17BrClN3. The van der Waals surface area contributed by atoms with E-state index < -0.39 is 0 Å². The lowest BCUT2D eigenvalue weighted by atomic mass is 10.1. The van der Waals surface area contributed by atoms with Gasteiger partial charge >= 0.3 is 0 Å². The summed E-state index contributed by atoms with van der Waals surface area (Å²) in [4.78, 5) is 6.76. The molecule has 1 aromatic heterocycles. The lowest BCUT2D eigenvalue weighted by molar-refractivity contribution is 0.345. The van der Waals surface area contributed by atoms with Crippen molar-refractivity contribution in [3.63, 3.8) is 0 Å². The minimum atomic E-state index is 0.653. The Morgan fingerprint density at radius 1 is 1.65 bits per heavy atom. The summed E-state index contributed by atoms with van der Waals surface area (Å²) in [7, 11) is 0. The van der Waals surface area contributed by atoms with Crippen LogP contribution in [0.25, 0.3) is 0 Å². The molecule has 1 aliphatic heterocycles. The zero-order valence-corrected chi connectivity index (χ0v) is 12.3. The van der Waals surface area contributed by atoms with E-state index in [-0.39, 0.29) is 0 Å². The average Bonchev–Trinajstić information content (AvgIpc) is 2.76. The van der Waals surface area contributed by atoms with E-state index in [2.05, 4.69) is 38.1 Å². The van der Waals surface area contributed by atoms with E-state index in [0.717, 1.165) is 29.3 Å². The van der Waals surface area contributed by atoms with Crippen molar-refractivity contribution in [2.24, 2.45) is 5.92 Å². The molecule has 5 heteroatoms. The SMILES string of the molecule is CCN1CCC(CNc2ncc(Cl)cc2Br)C1. The standard InChI is InChI=1S/C12H17BrClN3/c1-2-17-4-3-9(8-17)6-15-12-11(13)5-10(14)7-16-12/h5,7,9H,2-4,6,8H2,1H3,(H,15,16). The van der Waals surface area contributed by atoms with Crippen LogP contribution in [0.4, 0.5) is 5.82 Å². The Morgan fingerprint density at radius 3 is 3.12 bits per heavy atom. The van der Waals surface area contributed by atoms with Crippen LogP contribution in [-0.2, 0) is 0 Å². The number of rotatable bonds is 4. The Bertz CT molecular complexity index is 386. The van der Waals surface area contributed by atoms with Gasteiger partial charge in [-0.3, -0.25) is 0 Å². The molecular weight excluding hydrogens is 302 g/mol. The summed E-state index contributed by atoms with van der Waals surface area (Å²) in [6, 6.07) is 1.86. The fraction of sp³-hybridized carbons (Fsp3) is 0.583. The molecule has 0 radical (unpaired) electrons. The van der Waals surface area contributed by atoms with Crippen molar-refractivity contribution in [1.82, 2.24) is 9.88 Å². The van der Waals surface area contributed by atoms with Gasteiger partial charge in [-0.05, 0) is 47.4 Å². The molecule has 1 atom stereocenters. The Hall–Kier alpha value is -0.320. The second kappa shape index (κ2) is 6.03. The fourth-order valence-electron chi connectivity index (χ4n) is 2.15. The van der Waals surface area contributed by atoms with E-state index in [4.69, 9.17) is 11.6 Å². The molecule has 1 fully saturated rings. The molecule has 1 aliphatic rings. The fourth-order valence-corrected chi connectivity index (χ4v) is 2.93. The highest BCUT2D eigenvalue weighted by molar-refractivity contribution is 9.10. The number of hydrogen-bond acceptors (Lipinski definition) is 3. The summed E-state index contributed by atoms with van der Waals surface area (Å²) < 4.78 is 0.926. The van der Waals surface area contributed by atoms with Crippen molar-refractivity contribution in [1.29, 1.82) is 0 Å². The molecule has 0 saturated carbocycles. The van der Waals surface area contributed by atoms with Crippen LogP contribution < -0.4 is 5.32 Å². The lowest BCUT2D eigenvalue weighted by Crippen LogP contribution is -2.22. The van der Waals surface area contributed by atoms with Crippen molar-refractivity contribution < 1.29 is 0 Å². The van der Waals surface area contributed by atoms with Gasteiger partial charge in [0.2, 0.25) is 0 Å². The maximum absolute atomic E-state index is 5.86. The van der Waals surface area contributed by atoms with Crippen LogP contribution in [0, 0.1) is 5.92 Å². The second-order valence-electron chi connectivity index (χ2n) is 4.41. The minimum Gasteiger partial charge on any atom is -0.369 e. The zero-order chi connectivity index (χ0) is 12.3. The van der Waals surface area contributed by atoms with E-state index in [0.29, 0.717) is 5.02 Å². The number of aromatic nitrogens is 1. The molecule has 1 N–H and O–H groups in total. The number of pyridine rings is 1. The van der Waals surface area contributed by atoms with Crippen molar-refractivity contribution >= 4 is 33.3 Å². The maximum atomic E-state index is 5.86. The number of halogens is 2. The van der Waals surface area contributed by atoms with Crippen LogP contribution in [0.3, 0.4) is 0 Å². The van der Waals surface area contributed by atoms with Gasteiger partial charge in [0.25, 0.3) is 0 Å². The van der Waals surface area contributed by atoms with Gasteiger partial charge in [-0.1, -0.05) is 18.5 Å². The third-order valence-electron chi connectivity index (χ3n) is 3.18. The van der Waals surface area contributed by atoms with Gasteiger partial charge in [0, 0.05) is 19.3 Å². The van der Waals surface area contributed by atoms with Crippen LogP contribution >= 0.6 is 27.5 Å². The first-order chi connectivity index (χ1) is 8.19. The average molecular weight is 319 g/mol. The molecule has 0 amide bonds. The number of nitrogens with zero attached hydrogens (tertiary/aromatic N) is 2. The highest BCUT2D eigenvalue weighted by Crippen LogP contribution is 2.24. The number of hydrogen-bond donors (Lipinski definition) is 1. The molecule has 0 spiro atoms. The van der Waals surface area contributed by atoms with Gasteiger partial charge in [0.05, 0.1) is 9.50 Å². The maximum Gasteiger partial charge on any atom is 0.140 e. The topological polar surface area (TPSA) is 28.2 Å². The van der Waals surface area contributed by atoms with Crippen molar-refractivity contribution in [3.05, 3.63) is 21.8 Å². The normalized spacial score (nSPS) is 20.8. The molecule has 0 bridgehead atoms. The molecule has 1 aromatic rings. The quantitative estimate of drug-likeness (QED) is 0.923. The molecule has 1 unspecified atom stereocenters. The zero-order valence-electron chi connectivity index (χ0n) is 9.92. The van der Waals surface area contributed by atoms with Crippen LogP contribution in [0.5, 0.6) is 0 Å². The molecule has 0 aromatic carbocycles. The van der Waals surface area contributed by atoms with Crippen LogP contribution in [0.2, 0.25) is 5.02 Å². The van der Waals surface area contributed by atoms with Gasteiger partial charge in [-0.25, -0.2) is 4.98 Å². The van der Waals surface area contributed by atoms with E-state index in [1.165, 1.54) is 19.5 Å². The highest BCUT2D eigenvalue weighted by atomic mass is 79.9. The Morgan fingerprint density at radius 2 is 2.47 bits per heavy atom. The number of anilines is 1. The molecule has 3 nitrogen and oxygen atoms in total. The second-order valence-corrected chi connectivity index (χ2v) is 5.70. The molecule has 94 valence electrons. The van der Waals surface area contributed by atoms with Gasteiger partial charge in [0.15, 0.2) is 0 Å².